The highest BCUT2D eigenvalue weighted by atomic mass is 32.2. The van der Waals surface area contributed by atoms with Crippen molar-refractivity contribution >= 4 is 50.7 Å². The minimum absolute atomic E-state index is 0.231. The lowest BCUT2D eigenvalue weighted by Crippen LogP contribution is -2.27. The normalized spacial score (nSPS) is 15.1. The molecule has 5 aromatic rings. The van der Waals surface area contributed by atoms with Crippen LogP contribution in [0.5, 0.6) is 0 Å². The Kier molecular flexibility index (Phi) is 5.47. The molecule has 0 radical (unpaired) electrons. The van der Waals surface area contributed by atoms with Crippen LogP contribution < -0.4 is 0 Å². The molecule has 5 heteroatoms. The lowest BCUT2D eigenvalue weighted by Gasteiger charge is -2.12. The van der Waals surface area contributed by atoms with Crippen LogP contribution in [0.4, 0.5) is 4.79 Å². The van der Waals surface area contributed by atoms with Crippen LogP contribution in [0.3, 0.4) is 0 Å². The fourth-order valence-electron chi connectivity index (χ4n) is 4.60. The van der Waals surface area contributed by atoms with Crippen LogP contribution in [-0.4, -0.2) is 20.6 Å². The quantitative estimate of drug-likeness (QED) is 0.256. The van der Waals surface area contributed by atoms with Crippen molar-refractivity contribution in [1.82, 2.24) is 9.47 Å². The Morgan fingerprint density at radius 2 is 1.46 bits per heavy atom. The maximum absolute atomic E-state index is 13.1. The number of hydrogen-bond donors (Lipinski definition) is 0. The molecule has 0 saturated carbocycles. The van der Waals surface area contributed by atoms with Gasteiger partial charge in [-0.2, -0.15) is 0 Å². The summed E-state index contributed by atoms with van der Waals surface area (Å²) in [5.41, 5.74) is 4.17. The third-order valence-corrected chi connectivity index (χ3v) is 7.24. The predicted molar refractivity (Wildman–Crippen MR) is 143 cm³/mol. The van der Waals surface area contributed by atoms with Crippen LogP contribution in [-0.2, 0) is 17.9 Å². The maximum atomic E-state index is 13.1. The summed E-state index contributed by atoms with van der Waals surface area (Å²) < 4.78 is 2.21. The van der Waals surface area contributed by atoms with Crippen LogP contribution in [0.25, 0.3) is 27.8 Å². The summed E-state index contributed by atoms with van der Waals surface area (Å²) in [4.78, 5) is 27.5. The van der Waals surface area contributed by atoms with E-state index < -0.39 is 0 Å². The molecule has 4 aromatic carbocycles. The van der Waals surface area contributed by atoms with E-state index in [9.17, 15) is 9.59 Å². The van der Waals surface area contributed by atoms with E-state index in [1.807, 2.05) is 48.5 Å². The monoisotopic (exact) mass is 474 g/mol. The Bertz CT molecular complexity index is 1620. The Morgan fingerprint density at radius 1 is 0.714 bits per heavy atom. The van der Waals surface area contributed by atoms with Crippen LogP contribution in [0.15, 0.2) is 108 Å². The Labute approximate surface area is 207 Å². The molecule has 0 atom stereocenters. The molecule has 2 heterocycles. The zero-order valence-electron chi connectivity index (χ0n) is 18.9. The lowest BCUT2D eigenvalue weighted by molar-refractivity contribution is -0.123. The molecular weight excluding hydrogens is 452 g/mol. The van der Waals surface area contributed by atoms with E-state index in [0.717, 1.165) is 33.8 Å². The van der Waals surface area contributed by atoms with Gasteiger partial charge in [0.2, 0.25) is 0 Å². The molecule has 0 bridgehead atoms. The number of nitrogens with zero attached hydrogens (tertiary/aromatic N) is 2. The number of carbonyl (C=O) groups is 2. The van der Waals surface area contributed by atoms with Gasteiger partial charge in [0.05, 0.1) is 11.4 Å². The molecule has 1 aliphatic heterocycles. The van der Waals surface area contributed by atoms with Crippen molar-refractivity contribution in [1.29, 1.82) is 0 Å². The maximum Gasteiger partial charge on any atom is 0.293 e. The van der Waals surface area contributed by atoms with Crippen molar-refractivity contribution in [3.8, 4) is 0 Å². The summed E-state index contributed by atoms with van der Waals surface area (Å²) in [6.07, 6.45) is 3.93. The van der Waals surface area contributed by atoms with Crippen LogP contribution in [0, 0.1) is 0 Å². The van der Waals surface area contributed by atoms with Gasteiger partial charge in [0.1, 0.15) is 0 Å². The highest BCUT2D eigenvalue weighted by Gasteiger charge is 2.35. The number of aromatic nitrogens is 1. The highest BCUT2D eigenvalue weighted by Crippen LogP contribution is 2.35. The third-order valence-electron chi connectivity index (χ3n) is 6.33. The molecule has 2 amide bonds. The minimum atomic E-state index is -0.241. The fourth-order valence-corrected chi connectivity index (χ4v) is 5.43. The molecule has 4 nitrogen and oxygen atoms in total. The van der Waals surface area contributed by atoms with Crippen molar-refractivity contribution in [3.63, 3.8) is 0 Å². The first-order chi connectivity index (χ1) is 17.2. The largest absolute Gasteiger partial charge is 0.342 e. The molecule has 170 valence electrons. The zero-order chi connectivity index (χ0) is 23.8. The molecule has 0 spiro atoms. The summed E-state index contributed by atoms with van der Waals surface area (Å²) >= 11 is 1.01. The van der Waals surface area contributed by atoms with Crippen molar-refractivity contribution < 1.29 is 9.59 Å². The highest BCUT2D eigenvalue weighted by molar-refractivity contribution is 8.18. The molecule has 0 N–H and O–H groups in total. The number of hydrogen-bond acceptors (Lipinski definition) is 3. The molecule has 0 unspecified atom stereocenters. The lowest BCUT2D eigenvalue weighted by atomic mass is 10.1. The number of carbonyl (C=O) groups excluding carboxylic acids is 2. The predicted octanol–water partition coefficient (Wildman–Crippen LogP) is 7.08. The summed E-state index contributed by atoms with van der Waals surface area (Å²) in [7, 11) is 0. The molecule has 1 saturated heterocycles. The number of rotatable bonds is 5. The van der Waals surface area contributed by atoms with Gasteiger partial charge < -0.3 is 4.57 Å². The van der Waals surface area contributed by atoms with Gasteiger partial charge in [-0.1, -0.05) is 84.9 Å². The van der Waals surface area contributed by atoms with Gasteiger partial charge in [-0.05, 0) is 51.9 Å². The van der Waals surface area contributed by atoms with Crippen LogP contribution in [0.2, 0.25) is 0 Å². The average Bonchev–Trinajstić information content (AvgIpc) is 3.36. The van der Waals surface area contributed by atoms with E-state index in [0.29, 0.717) is 11.4 Å². The summed E-state index contributed by atoms with van der Waals surface area (Å²) in [5.74, 6) is -0.241. The molecule has 6 rings (SSSR count). The second kappa shape index (κ2) is 8.93. The summed E-state index contributed by atoms with van der Waals surface area (Å²) in [5, 5.41) is 3.27. The van der Waals surface area contributed by atoms with Gasteiger partial charge in [0, 0.05) is 29.2 Å². The van der Waals surface area contributed by atoms with E-state index in [1.165, 1.54) is 21.2 Å². The van der Waals surface area contributed by atoms with Gasteiger partial charge in [-0.15, -0.1) is 0 Å². The van der Waals surface area contributed by atoms with Crippen molar-refractivity contribution in [3.05, 3.63) is 125 Å². The topological polar surface area (TPSA) is 42.3 Å². The van der Waals surface area contributed by atoms with Crippen molar-refractivity contribution in [2.24, 2.45) is 0 Å². The van der Waals surface area contributed by atoms with Gasteiger partial charge in [0.15, 0.2) is 0 Å². The Hall–Kier alpha value is -4.09. The van der Waals surface area contributed by atoms with E-state index in [1.54, 1.807) is 0 Å². The first-order valence-corrected chi connectivity index (χ1v) is 12.3. The van der Waals surface area contributed by atoms with Crippen molar-refractivity contribution in [2.45, 2.75) is 13.1 Å². The van der Waals surface area contributed by atoms with E-state index >= 15 is 0 Å². The Morgan fingerprint density at radius 3 is 2.31 bits per heavy atom. The fraction of sp³-hybridized carbons (Fsp3) is 0.0667. The molecule has 35 heavy (non-hydrogen) atoms. The van der Waals surface area contributed by atoms with E-state index in [2.05, 4.69) is 65.4 Å². The summed E-state index contributed by atoms with van der Waals surface area (Å²) in [6, 6.07) is 32.7. The average molecular weight is 475 g/mol. The number of thioether (sulfide) groups is 1. The zero-order valence-corrected chi connectivity index (χ0v) is 19.7. The third kappa shape index (κ3) is 4.15. The first-order valence-electron chi connectivity index (χ1n) is 11.5. The molecule has 0 aliphatic carbocycles. The first kappa shape index (κ1) is 21.4. The minimum Gasteiger partial charge on any atom is -0.342 e. The SMILES string of the molecule is O=C1S/C(=C\c2cn(Cc3ccc4ccccc4c3)c3ccccc23)C(=O)N1Cc1ccccc1. The smallest absolute Gasteiger partial charge is 0.293 e. The van der Waals surface area contributed by atoms with Gasteiger partial charge in [0.25, 0.3) is 11.1 Å². The van der Waals surface area contributed by atoms with Crippen LogP contribution >= 0.6 is 11.8 Å². The second-order valence-electron chi connectivity index (χ2n) is 8.66. The number of imide groups is 1. The van der Waals surface area contributed by atoms with Gasteiger partial charge in [-0.3, -0.25) is 14.5 Å². The second-order valence-corrected chi connectivity index (χ2v) is 9.66. The Balaban J connectivity index is 1.33. The van der Waals surface area contributed by atoms with Crippen LogP contribution in [0.1, 0.15) is 16.7 Å². The molecule has 1 fully saturated rings. The van der Waals surface area contributed by atoms with E-state index in [-0.39, 0.29) is 17.7 Å². The molecule has 1 aliphatic rings. The molecular formula is C30H22N2O2S. The number of para-hydroxylation sites is 1. The number of benzene rings is 4. The van der Waals surface area contributed by atoms with Crippen molar-refractivity contribution in [2.75, 3.05) is 0 Å². The van der Waals surface area contributed by atoms with Gasteiger partial charge >= 0.3 is 0 Å². The van der Waals surface area contributed by atoms with E-state index in [4.69, 9.17) is 0 Å². The van der Waals surface area contributed by atoms with Gasteiger partial charge in [-0.25, -0.2) is 0 Å². The number of amides is 2. The standard InChI is InChI=1S/C30H22N2O2S/c33-29-28(35-30(34)32(29)19-21-8-2-1-3-9-21)17-25-20-31(27-13-7-6-12-26(25)27)18-22-14-15-23-10-4-5-11-24(23)16-22/h1-17,20H,18-19H2/b28-17-. The summed E-state index contributed by atoms with van der Waals surface area (Å²) in [6.45, 7) is 1.00. The molecule has 1 aromatic heterocycles. The number of fused-ring (bicyclic) bond motifs is 2.